The predicted molar refractivity (Wildman–Crippen MR) is 80.3 cm³/mol. The van der Waals surface area contributed by atoms with Crippen LogP contribution in [0.4, 0.5) is 5.69 Å². The first-order valence-electron chi connectivity index (χ1n) is 7.53. The molecule has 2 amide bonds. The van der Waals surface area contributed by atoms with E-state index in [2.05, 4.69) is 5.32 Å². The zero-order chi connectivity index (χ0) is 15.6. The largest absolute Gasteiger partial charge is 0.347 e. The maximum atomic E-state index is 12.2. The molecular formula is C16H20N2O4. The molecule has 2 aliphatic rings. The summed E-state index contributed by atoms with van der Waals surface area (Å²) in [7, 11) is 0. The van der Waals surface area contributed by atoms with Gasteiger partial charge in [-0.25, -0.2) is 0 Å². The van der Waals surface area contributed by atoms with Crippen molar-refractivity contribution in [2.45, 2.75) is 25.6 Å². The number of likely N-dealkylation sites (tertiary alicyclic amines) is 1. The Morgan fingerprint density at radius 2 is 1.86 bits per heavy atom. The van der Waals surface area contributed by atoms with Gasteiger partial charge < -0.3 is 19.7 Å². The molecule has 1 spiro atoms. The molecule has 0 radical (unpaired) electrons. The van der Waals surface area contributed by atoms with Crippen molar-refractivity contribution < 1.29 is 19.1 Å². The van der Waals surface area contributed by atoms with E-state index in [-0.39, 0.29) is 0 Å². The van der Waals surface area contributed by atoms with Gasteiger partial charge in [-0.3, -0.25) is 9.59 Å². The fourth-order valence-electron chi connectivity index (χ4n) is 2.89. The van der Waals surface area contributed by atoms with Gasteiger partial charge in [-0.15, -0.1) is 0 Å². The number of benzene rings is 1. The van der Waals surface area contributed by atoms with Gasteiger partial charge in [0, 0.05) is 31.6 Å². The van der Waals surface area contributed by atoms with E-state index in [1.54, 1.807) is 11.0 Å². The Bertz CT molecular complexity index is 571. The minimum atomic E-state index is -0.602. The smallest absolute Gasteiger partial charge is 0.313 e. The van der Waals surface area contributed by atoms with Crippen LogP contribution in [0.15, 0.2) is 24.3 Å². The SMILES string of the molecule is Cc1cccc(NC(=O)C(=O)N2CCC3(CC2)OCCO3)c1. The number of ether oxygens (including phenoxy) is 2. The Labute approximate surface area is 129 Å². The Morgan fingerprint density at radius 1 is 1.18 bits per heavy atom. The number of rotatable bonds is 1. The third-order valence-corrected chi connectivity index (χ3v) is 4.10. The fraction of sp³-hybridized carbons (Fsp3) is 0.500. The predicted octanol–water partition coefficient (Wildman–Crippen LogP) is 1.30. The first kappa shape index (κ1) is 15.0. The molecule has 0 aliphatic carbocycles. The van der Waals surface area contributed by atoms with Crippen LogP contribution in [0.25, 0.3) is 0 Å². The first-order valence-corrected chi connectivity index (χ1v) is 7.53. The zero-order valence-electron chi connectivity index (χ0n) is 12.6. The van der Waals surface area contributed by atoms with Gasteiger partial charge >= 0.3 is 11.8 Å². The third-order valence-electron chi connectivity index (χ3n) is 4.10. The van der Waals surface area contributed by atoms with Crippen LogP contribution in [0.2, 0.25) is 0 Å². The van der Waals surface area contributed by atoms with Crippen LogP contribution in [-0.4, -0.2) is 48.8 Å². The molecule has 2 fully saturated rings. The topological polar surface area (TPSA) is 67.9 Å². The molecule has 0 aromatic heterocycles. The zero-order valence-corrected chi connectivity index (χ0v) is 12.6. The van der Waals surface area contributed by atoms with E-state index in [0.29, 0.717) is 44.8 Å². The molecule has 0 saturated carbocycles. The third kappa shape index (κ3) is 3.13. The number of aryl methyl sites for hydroxylation is 1. The maximum absolute atomic E-state index is 12.2. The lowest BCUT2D eigenvalue weighted by Crippen LogP contribution is -2.50. The Balaban J connectivity index is 1.56. The summed E-state index contributed by atoms with van der Waals surface area (Å²) >= 11 is 0. The van der Waals surface area contributed by atoms with E-state index in [0.717, 1.165) is 5.56 Å². The Kier molecular flexibility index (Phi) is 4.13. The Morgan fingerprint density at radius 3 is 2.50 bits per heavy atom. The number of piperidine rings is 1. The molecule has 0 atom stereocenters. The summed E-state index contributed by atoms with van der Waals surface area (Å²) in [6, 6.07) is 7.37. The van der Waals surface area contributed by atoms with Crippen LogP contribution < -0.4 is 5.32 Å². The van der Waals surface area contributed by atoms with Gasteiger partial charge in [0.1, 0.15) is 0 Å². The minimum Gasteiger partial charge on any atom is -0.347 e. The fourth-order valence-corrected chi connectivity index (χ4v) is 2.89. The number of hydrogen-bond acceptors (Lipinski definition) is 4. The van der Waals surface area contributed by atoms with Crippen LogP contribution in [-0.2, 0) is 19.1 Å². The summed E-state index contributed by atoms with van der Waals surface area (Å²) in [4.78, 5) is 25.9. The first-order chi connectivity index (χ1) is 10.6. The van der Waals surface area contributed by atoms with E-state index in [9.17, 15) is 9.59 Å². The van der Waals surface area contributed by atoms with E-state index < -0.39 is 17.6 Å². The van der Waals surface area contributed by atoms with Crippen LogP contribution in [0, 0.1) is 6.92 Å². The lowest BCUT2D eigenvalue weighted by molar-refractivity contribution is -0.187. The standard InChI is InChI=1S/C16H20N2O4/c1-12-3-2-4-13(11-12)17-14(19)15(20)18-7-5-16(6-8-18)21-9-10-22-16/h2-4,11H,5-10H2,1H3,(H,17,19). The molecule has 3 rings (SSSR count). The number of carbonyl (C=O) groups is 2. The lowest BCUT2D eigenvalue weighted by atomic mass is 10.0. The molecule has 6 heteroatoms. The molecule has 118 valence electrons. The van der Waals surface area contributed by atoms with Crippen LogP contribution in [0.3, 0.4) is 0 Å². The van der Waals surface area contributed by atoms with Gasteiger partial charge in [-0.1, -0.05) is 12.1 Å². The number of nitrogens with one attached hydrogen (secondary N) is 1. The summed E-state index contributed by atoms with van der Waals surface area (Å²) < 4.78 is 11.2. The second-order valence-corrected chi connectivity index (χ2v) is 5.72. The van der Waals surface area contributed by atoms with Gasteiger partial charge in [0.05, 0.1) is 13.2 Å². The second-order valence-electron chi connectivity index (χ2n) is 5.72. The highest BCUT2D eigenvalue weighted by Crippen LogP contribution is 2.31. The van der Waals surface area contributed by atoms with Crippen molar-refractivity contribution in [2.24, 2.45) is 0 Å². The van der Waals surface area contributed by atoms with Crippen molar-refractivity contribution in [1.29, 1.82) is 0 Å². The van der Waals surface area contributed by atoms with Gasteiger partial charge in [-0.2, -0.15) is 0 Å². The van der Waals surface area contributed by atoms with Crippen molar-refractivity contribution in [1.82, 2.24) is 4.90 Å². The molecule has 22 heavy (non-hydrogen) atoms. The average Bonchev–Trinajstić information content (AvgIpc) is 2.95. The van der Waals surface area contributed by atoms with Crippen LogP contribution >= 0.6 is 0 Å². The highest BCUT2D eigenvalue weighted by Gasteiger charge is 2.41. The molecule has 2 aliphatic heterocycles. The molecule has 1 aromatic rings. The van der Waals surface area contributed by atoms with Crippen molar-refractivity contribution in [3.63, 3.8) is 0 Å². The molecule has 2 saturated heterocycles. The monoisotopic (exact) mass is 304 g/mol. The number of amides is 2. The van der Waals surface area contributed by atoms with E-state index in [1.165, 1.54) is 0 Å². The highest BCUT2D eigenvalue weighted by atomic mass is 16.7. The van der Waals surface area contributed by atoms with Gasteiger partial charge in [0.15, 0.2) is 5.79 Å². The molecule has 0 unspecified atom stereocenters. The van der Waals surface area contributed by atoms with Crippen LogP contribution in [0.5, 0.6) is 0 Å². The van der Waals surface area contributed by atoms with Crippen molar-refractivity contribution in [3.05, 3.63) is 29.8 Å². The Hall–Kier alpha value is -1.92. The molecule has 6 nitrogen and oxygen atoms in total. The number of carbonyl (C=O) groups excluding carboxylic acids is 2. The summed E-state index contributed by atoms with van der Waals surface area (Å²) in [5.74, 6) is -1.65. The summed E-state index contributed by atoms with van der Waals surface area (Å²) in [6.07, 6.45) is 1.22. The van der Waals surface area contributed by atoms with Crippen molar-refractivity contribution in [2.75, 3.05) is 31.6 Å². The number of anilines is 1. The van der Waals surface area contributed by atoms with E-state index in [1.807, 2.05) is 25.1 Å². The maximum Gasteiger partial charge on any atom is 0.313 e. The number of nitrogens with zero attached hydrogens (tertiary/aromatic N) is 1. The van der Waals surface area contributed by atoms with Crippen LogP contribution in [0.1, 0.15) is 18.4 Å². The van der Waals surface area contributed by atoms with E-state index >= 15 is 0 Å². The summed E-state index contributed by atoms with van der Waals surface area (Å²) in [5.41, 5.74) is 1.66. The van der Waals surface area contributed by atoms with Gasteiger partial charge in [0.2, 0.25) is 0 Å². The molecule has 2 heterocycles. The summed E-state index contributed by atoms with van der Waals surface area (Å²) in [5, 5.41) is 2.65. The van der Waals surface area contributed by atoms with Crippen molar-refractivity contribution >= 4 is 17.5 Å². The van der Waals surface area contributed by atoms with Gasteiger partial charge in [0.25, 0.3) is 0 Å². The van der Waals surface area contributed by atoms with E-state index in [4.69, 9.17) is 9.47 Å². The molecule has 1 aromatic carbocycles. The summed E-state index contributed by atoms with van der Waals surface area (Å²) in [6.45, 7) is 4.08. The second kappa shape index (κ2) is 6.06. The molecular weight excluding hydrogens is 284 g/mol. The molecule has 1 N–H and O–H groups in total. The quantitative estimate of drug-likeness (QED) is 0.794. The lowest BCUT2D eigenvalue weighted by Gasteiger charge is -2.37. The normalized spacial score (nSPS) is 20.1. The number of hydrogen-bond donors (Lipinski definition) is 1. The van der Waals surface area contributed by atoms with Crippen molar-refractivity contribution in [3.8, 4) is 0 Å². The molecule has 0 bridgehead atoms. The van der Waals surface area contributed by atoms with Gasteiger partial charge in [-0.05, 0) is 24.6 Å². The minimum absolute atomic E-state index is 0.472. The average molecular weight is 304 g/mol. The highest BCUT2D eigenvalue weighted by molar-refractivity contribution is 6.39.